The van der Waals surface area contributed by atoms with Crippen LogP contribution in [-0.2, 0) is 22.5 Å². The van der Waals surface area contributed by atoms with Crippen molar-refractivity contribution in [2.45, 2.75) is 26.8 Å². The number of nitrogens with one attached hydrogen (secondary N) is 1. The zero-order chi connectivity index (χ0) is 19.0. The van der Waals surface area contributed by atoms with Gasteiger partial charge in [-0.3, -0.25) is 9.48 Å². The summed E-state index contributed by atoms with van der Waals surface area (Å²) in [5.41, 5.74) is 6.65. The first kappa shape index (κ1) is 17.7. The molecule has 0 saturated heterocycles. The van der Waals surface area contributed by atoms with E-state index >= 15 is 0 Å². The van der Waals surface area contributed by atoms with Crippen LogP contribution in [0.2, 0.25) is 5.02 Å². The fraction of sp³-hybridized carbons (Fsp3) is 0.286. The lowest BCUT2D eigenvalue weighted by Crippen LogP contribution is -2.23. The van der Waals surface area contributed by atoms with Gasteiger partial charge in [-0.2, -0.15) is 0 Å². The van der Waals surface area contributed by atoms with Crippen LogP contribution in [0.15, 0.2) is 42.5 Å². The van der Waals surface area contributed by atoms with Crippen molar-refractivity contribution in [3.05, 3.63) is 58.7 Å². The van der Waals surface area contributed by atoms with Gasteiger partial charge in [-0.15, -0.1) is 0 Å². The van der Waals surface area contributed by atoms with E-state index in [1.165, 1.54) is 5.69 Å². The fourth-order valence-electron chi connectivity index (χ4n) is 3.67. The summed E-state index contributed by atoms with van der Waals surface area (Å²) in [6, 6.07) is 14.1. The van der Waals surface area contributed by atoms with Crippen molar-refractivity contribution in [1.82, 2.24) is 9.78 Å². The fourth-order valence-corrected chi connectivity index (χ4v) is 3.80. The third-order valence-electron chi connectivity index (χ3n) is 4.88. The molecule has 3 aromatic rings. The van der Waals surface area contributed by atoms with Crippen molar-refractivity contribution < 1.29 is 9.53 Å². The van der Waals surface area contributed by atoms with E-state index in [1.807, 2.05) is 37.3 Å². The van der Waals surface area contributed by atoms with Crippen LogP contribution in [-0.4, -0.2) is 28.9 Å². The van der Waals surface area contributed by atoms with Crippen LogP contribution in [0.1, 0.15) is 18.2 Å². The first-order valence-corrected chi connectivity index (χ1v) is 9.51. The lowest BCUT2D eigenvalue weighted by molar-refractivity contribution is -0.142. The molecule has 0 spiro atoms. The molecule has 2 aromatic carbocycles. The number of hydrogen-bond donors (Lipinski definition) is 1. The van der Waals surface area contributed by atoms with Crippen molar-refractivity contribution in [3.63, 3.8) is 0 Å². The van der Waals surface area contributed by atoms with Gasteiger partial charge in [-0.05, 0) is 49.7 Å². The van der Waals surface area contributed by atoms with Crippen LogP contribution in [0, 0.1) is 6.92 Å². The number of esters is 1. The highest BCUT2D eigenvalue weighted by atomic mass is 35.5. The maximum atomic E-state index is 11.9. The number of hydrogen-bond acceptors (Lipinski definition) is 3. The Bertz CT molecular complexity index is 972. The van der Waals surface area contributed by atoms with Crippen molar-refractivity contribution >= 4 is 28.9 Å². The van der Waals surface area contributed by atoms with Crippen LogP contribution in [0.25, 0.3) is 11.3 Å². The van der Waals surface area contributed by atoms with E-state index in [0.717, 1.165) is 41.3 Å². The van der Waals surface area contributed by atoms with Gasteiger partial charge < -0.3 is 14.7 Å². The minimum Gasteiger partial charge on any atom is -0.466 e. The van der Waals surface area contributed by atoms with Crippen LogP contribution < -0.4 is 4.90 Å². The van der Waals surface area contributed by atoms with Gasteiger partial charge in [-0.25, -0.2) is 0 Å². The van der Waals surface area contributed by atoms with Gasteiger partial charge in [0.15, 0.2) is 0 Å². The maximum Gasteiger partial charge on any atom is 0.310 e. The molecule has 0 amide bonds. The molecule has 5 nitrogen and oxygen atoms in total. The molecule has 2 heterocycles. The Morgan fingerprint density at radius 1 is 1.19 bits per heavy atom. The minimum absolute atomic E-state index is 0.202. The summed E-state index contributed by atoms with van der Waals surface area (Å²) < 4.78 is 7.29. The lowest BCUT2D eigenvalue weighted by Gasteiger charge is -2.25. The number of rotatable bonds is 4. The predicted octanol–water partition coefficient (Wildman–Crippen LogP) is 4.70. The first-order valence-electron chi connectivity index (χ1n) is 9.14. The molecule has 0 saturated carbocycles. The number of aromatic amines is 1. The molecule has 27 heavy (non-hydrogen) atoms. The van der Waals surface area contributed by atoms with Crippen molar-refractivity contribution in [2.75, 3.05) is 18.1 Å². The Morgan fingerprint density at radius 2 is 1.96 bits per heavy atom. The average molecular weight is 384 g/mol. The number of benzene rings is 2. The standard InChI is InChI=1S/C21H22ClN3O2/c1-3-27-20(26)13-15-4-9-18-19(12-15)24(17-7-5-16(22)6-8-17)10-11-25-21(18)14(2)23-25/h4-9,12,23H,3,10-11,13H2,1-2H3. The Hall–Kier alpha value is -2.66. The largest absolute Gasteiger partial charge is 0.466 e. The second-order valence-electron chi connectivity index (χ2n) is 6.70. The predicted molar refractivity (Wildman–Crippen MR) is 108 cm³/mol. The molecule has 4 rings (SSSR count). The molecular formula is C21H22ClN3O2. The molecule has 140 valence electrons. The van der Waals surface area contributed by atoms with E-state index in [9.17, 15) is 4.79 Å². The Labute approximate surface area is 163 Å². The summed E-state index contributed by atoms with van der Waals surface area (Å²) >= 11 is 6.08. The van der Waals surface area contributed by atoms with Crippen molar-refractivity contribution in [3.8, 4) is 11.3 Å². The highest BCUT2D eigenvalue weighted by Crippen LogP contribution is 2.40. The molecule has 1 aromatic heterocycles. The summed E-state index contributed by atoms with van der Waals surface area (Å²) in [6.45, 7) is 5.98. The molecule has 1 N–H and O–H groups in total. The Kier molecular flexibility index (Phi) is 4.70. The molecule has 0 atom stereocenters. The number of ether oxygens (including phenoxy) is 1. The maximum absolute atomic E-state index is 11.9. The van der Waals surface area contributed by atoms with Gasteiger partial charge in [0.25, 0.3) is 0 Å². The molecule has 1 aliphatic rings. The van der Waals surface area contributed by atoms with E-state index in [4.69, 9.17) is 16.3 Å². The van der Waals surface area contributed by atoms with Crippen LogP contribution >= 0.6 is 11.6 Å². The topological polar surface area (TPSA) is 50.3 Å². The third kappa shape index (κ3) is 3.35. The SMILES string of the molecule is CCOC(=O)Cc1ccc2c(c1)N(c1ccc(Cl)cc1)CCn1[nH]c(C)c1-2. The Balaban J connectivity index is 1.78. The Morgan fingerprint density at radius 3 is 2.67 bits per heavy atom. The van der Waals surface area contributed by atoms with Gasteiger partial charge in [-0.1, -0.05) is 23.7 Å². The van der Waals surface area contributed by atoms with Gasteiger partial charge in [0.1, 0.15) is 0 Å². The number of aromatic nitrogens is 2. The molecule has 0 radical (unpaired) electrons. The number of H-pyrrole nitrogens is 1. The van der Waals surface area contributed by atoms with Crippen molar-refractivity contribution in [1.29, 1.82) is 0 Å². The second kappa shape index (κ2) is 7.16. The number of carbonyl (C=O) groups is 1. The van der Waals surface area contributed by atoms with Gasteiger partial charge in [0.05, 0.1) is 36.6 Å². The van der Waals surface area contributed by atoms with Crippen molar-refractivity contribution in [2.24, 2.45) is 0 Å². The number of anilines is 2. The molecule has 0 fully saturated rings. The number of carbonyl (C=O) groups excluding carboxylic acids is 1. The highest BCUT2D eigenvalue weighted by molar-refractivity contribution is 6.30. The summed E-state index contributed by atoms with van der Waals surface area (Å²) in [5.74, 6) is -0.202. The number of halogens is 1. The molecular weight excluding hydrogens is 362 g/mol. The summed E-state index contributed by atoms with van der Waals surface area (Å²) in [5, 5.41) is 4.08. The van der Waals surface area contributed by atoms with E-state index in [0.29, 0.717) is 11.6 Å². The number of nitrogens with zero attached hydrogens (tertiary/aromatic N) is 2. The summed E-state index contributed by atoms with van der Waals surface area (Å²) in [4.78, 5) is 14.2. The average Bonchev–Trinajstić information content (AvgIpc) is 2.76. The van der Waals surface area contributed by atoms with Crippen LogP contribution in [0.3, 0.4) is 0 Å². The van der Waals surface area contributed by atoms with E-state index < -0.39 is 0 Å². The van der Waals surface area contributed by atoms with Crippen LogP contribution in [0.5, 0.6) is 0 Å². The second-order valence-corrected chi connectivity index (χ2v) is 7.13. The summed E-state index contributed by atoms with van der Waals surface area (Å²) in [6.07, 6.45) is 0.273. The monoisotopic (exact) mass is 383 g/mol. The molecule has 0 aliphatic carbocycles. The normalized spacial score (nSPS) is 13.1. The zero-order valence-corrected chi connectivity index (χ0v) is 16.2. The summed E-state index contributed by atoms with van der Waals surface area (Å²) in [7, 11) is 0. The van der Waals surface area contributed by atoms with E-state index in [2.05, 4.69) is 33.7 Å². The first-order chi connectivity index (χ1) is 13.1. The third-order valence-corrected chi connectivity index (χ3v) is 5.13. The minimum atomic E-state index is -0.202. The zero-order valence-electron chi connectivity index (χ0n) is 15.5. The quantitative estimate of drug-likeness (QED) is 0.664. The number of fused-ring (bicyclic) bond motifs is 3. The van der Waals surface area contributed by atoms with E-state index in [-0.39, 0.29) is 12.4 Å². The molecule has 0 bridgehead atoms. The van der Waals surface area contributed by atoms with Gasteiger partial charge in [0, 0.05) is 22.8 Å². The van der Waals surface area contributed by atoms with Gasteiger partial charge in [0.2, 0.25) is 0 Å². The van der Waals surface area contributed by atoms with E-state index in [1.54, 1.807) is 0 Å². The number of aryl methyl sites for hydroxylation is 1. The molecule has 1 aliphatic heterocycles. The highest BCUT2D eigenvalue weighted by Gasteiger charge is 2.25. The molecule has 0 unspecified atom stereocenters. The van der Waals surface area contributed by atoms with Gasteiger partial charge >= 0.3 is 5.97 Å². The molecule has 6 heteroatoms. The lowest BCUT2D eigenvalue weighted by atomic mass is 10.0. The van der Waals surface area contributed by atoms with Crippen LogP contribution in [0.4, 0.5) is 11.4 Å². The smallest absolute Gasteiger partial charge is 0.310 e.